The SMILES string of the molecule is C=CCn1c(SC(C)c2nc(C(C)C)no2)nc2ccccc21. The molecule has 2 heterocycles. The van der Waals surface area contributed by atoms with E-state index in [-0.39, 0.29) is 11.2 Å². The van der Waals surface area contributed by atoms with Crippen molar-refractivity contribution in [2.24, 2.45) is 0 Å². The van der Waals surface area contributed by atoms with Crippen molar-refractivity contribution < 1.29 is 4.52 Å². The highest BCUT2D eigenvalue weighted by Gasteiger charge is 2.20. The molecule has 0 aliphatic carbocycles. The number of imidazole rings is 1. The highest BCUT2D eigenvalue weighted by atomic mass is 32.2. The van der Waals surface area contributed by atoms with Crippen molar-refractivity contribution in [3.05, 3.63) is 48.6 Å². The van der Waals surface area contributed by atoms with Gasteiger partial charge in [-0.25, -0.2) is 4.98 Å². The molecule has 1 aromatic carbocycles. The van der Waals surface area contributed by atoms with E-state index >= 15 is 0 Å². The Hall–Kier alpha value is -2.08. The van der Waals surface area contributed by atoms with Crippen molar-refractivity contribution in [2.45, 2.75) is 43.6 Å². The maximum atomic E-state index is 5.39. The summed E-state index contributed by atoms with van der Waals surface area (Å²) in [5.41, 5.74) is 2.09. The van der Waals surface area contributed by atoms with Gasteiger partial charge in [0.1, 0.15) is 0 Å². The number of aromatic nitrogens is 4. The minimum atomic E-state index is 0.0374. The van der Waals surface area contributed by atoms with E-state index in [0.29, 0.717) is 5.89 Å². The smallest absolute Gasteiger partial charge is 0.239 e. The molecule has 0 radical (unpaired) electrons. The van der Waals surface area contributed by atoms with Crippen molar-refractivity contribution in [3.63, 3.8) is 0 Å². The second-order valence-electron chi connectivity index (χ2n) is 5.69. The third-order valence-electron chi connectivity index (χ3n) is 3.53. The fourth-order valence-corrected chi connectivity index (χ4v) is 3.27. The molecule has 3 rings (SSSR count). The van der Waals surface area contributed by atoms with Gasteiger partial charge < -0.3 is 9.09 Å². The Labute approximate surface area is 139 Å². The lowest BCUT2D eigenvalue weighted by Gasteiger charge is -2.08. The van der Waals surface area contributed by atoms with Gasteiger partial charge in [0.2, 0.25) is 5.89 Å². The Morgan fingerprint density at radius 3 is 2.74 bits per heavy atom. The first-order valence-electron chi connectivity index (χ1n) is 7.66. The van der Waals surface area contributed by atoms with E-state index in [1.54, 1.807) is 11.8 Å². The Bertz CT molecular complexity index is 821. The summed E-state index contributed by atoms with van der Waals surface area (Å²) >= 11 is 1.62. The van der Waals surface area contributed by atoms with Crippen molar-refractivity contribution in [2.75, 3.05) is 0 Å². The van der Waals surface area contributed by atoms with Crippen LogP contribution in [0, 0.1) is 0 Å². The lowest BCUT2D eigenvalue weighted by atomic mass is 10.2. The number of hydrogen-bond acceptors (Lipinski definition) is 5. The lowest BCUT2D eigenvalue weighted by molar-refractivity contribution is 0.373. The predicted molar refractivity (Wildman–Crippen MR) is 92.6 cm³/mol. The van der Waals surface area contributed by atoms with Crippen molar-refractivity contribution in [1.29, 1.82) is 0 Å². The molecule has 0 aliphatic heterocycles. The molecular formula is C17H20N4OS. The second kappa shape index (κ2) is 6.58. The summed E-state index contributed by atoms with van der Waals surface area (Å²) in [6, 6.07) is 8.12. The van der Waals surface area contributed by atoms with Crippen LogP contribution in [0.25, 0.3) is 11.0 Å². The molecule has 0 saturated carbocycles. The van der Waals surface area contributed by atoms with Gasteiger partial charge in [-0.3, -0.25) is 0 Å². The standard InChI is InChI=1S/C17H20N4OS/c1-5-10-21-14-9-7-6-8-13(14)18-17(21)23-12(4)16-19-15(11(2)3)20-22-16/h5-9,11-12H,1,10H2,2-4H3. The molecule has 5 nitrogen and oxygen atoms in total. The molecule has 2 aromatic heterocycles. The Morgan fingerprint density at radius 1 is 1.26 bits per heavy atom. The van der Waals surface area contributed by atoms with Crippen LogP contribution in [-0.2, 0) is 6.54 Å². The van der Waals surface area contributed by atoms with Crippen LogP contribution in [0.2, 0.25) is 0 Å². The largest absolute Gasteiger partial charge is 0.338 e. The van der Waals surface area contributed by atoms with Gasteiger partial charge in [-0.05, 0) is 19.1 Å². The van der Waals surface area contributed by atoms with E-state index in [2.05, 4.69) is 48.1 Å². The van der Waals surface area contributed by atoms with E-state index in [4.69, 9.17) is 9.51 Å². The van der Waals surface area contributed by atoms with Crippen LogP contribution in [0.1, 0.15) is 43.7 Å². The summed E-state index contributed by atoms with van der Waals surface area (Å²) in [5.74, 6) is 1.64. The molecule has 0 saturated heterocycles. The maximum absolute atomic E-state index is 5.39. The molecule has 0 bridgehead atoms. The predicted octanol–water partition coefficient (Wildman–Crippen LogP) is 4.58. The number of hydrogen-bond donors (Lipinski definition) is 0. The van der Waals surface area contributed by atoms with Gasteiger partial charge in [0.15, 0.2) is 11.0 Å². The van der Waals surface area contributed by atoms with E-state index in [9.17, 15) is 0 Å². The highest BCUT2D eigenvalue weighted by Crippen LogP contribution is 2.35. The monoisotopic (exact) mass is 328 g/mol. The first kappa shape index (κ1) is 15.8. The van der Waals surface area contributed by atoms with Crippen molar-refractivity contribution in [3.8, 4) is 0 Å². The summed E-state index contributed by atoms with van der Waals surface area (Å²) in [7, 11) is 0. The summed E-state index contributed by atoms with van der Waals surface area (Å²) in [6.45, 7) is 10.7. The third-order valence-corrected chi connectivity index (χ3v) is 4.61. The van der Waals surface area contributed by atoms with Gasteiger partial charge in [-0.2, -0.15) is 4.98 Å². The maximum Gasteiger partial charge on any atom is 0.239 e. The fraction of sp³-hybridized carbons (Fsp3) is 0.353. The zero-order chi connectivity index (χ0) is 16.4. The summed E-state index contributed by atoms with van der Waals surface area (Å²) in [5, 5.41) is 5.01. The van der Waals surface area contributed by atoms with Gasteiger partial charge in [0, 0.05) is 12.5 Å². The molecule has 0 spiro atoms. The number of para-hydroxylation sites is 2. The molecule has 3 aromatic rings. The Morgan fingerprint density at radius 2 is 2.04 bits per heavy atom. The molecule has 1 atom stereocenters. The topological polar surface area (TPSA) is 56.7 Å². The van der Waals surface area contributed by atoms with Crippen LogP contribution in [0.4, 0.5) is 0 Å². The van der Waals surface area contributed by atoms with Gasteiger partial charge in [0.25, 0.3) is 0 Å². The summed E-state index contributed by atoms with van der Waals surface area (Å²) < 4.78 is 7.55. The van der Waals surface area contributed by atoms with E-state index in [0.717, 1.165) is 28.6 Å². The molecule has 0 amide bonds. The minimum Gasteiger partial charge on any atom is -0.338 e. The average Bonchev–Trinajstić information content (AvgIpc) is 3.14. The number of fused-ring (bicyclic) bond motifs is 1. The molecule has 0 N–H and O–H groups in total. The molecule has 1 unspecified atom stereocenters. The van der Waals surface area contributed by atoms with Crippen LogP contribution in [0.15, 0.2) is 46.6 Å². The molecule has 0 fully saturated rings. The first-order valence-corrected chi connectivity index (χ1v) is 8.54. The van der Waals surface area contributed by atoms with Crippen LogP contribution < -0.4 is 0 Å². The molecule has 23 heavy (non-hydrogen) atoms. The van der Waals surface area contributed by atoms with Gasteiger partial charge >= 0.3 is 0 Å². The zero-order valence-electron chi connectivity index (χ0n) is 13.6. The van der Waals surface area contributed by atoms with E-state index in [1.165, 1.54) is 0 Å². The molecule has 0 aliphatic rings. The lowest BCUT2D eigenvalue weighted by Crippen LogP contribution is -1.99. The normalized spacial score (nSPS) is 12.9. The number of allylic oxidation sites excluding steroid dienone is 1. The number of benzene rings is 1. The quantitative estimate of drug-likeness (QED) is 0.489. The molecular weight excluding hydrogens is 308 g/mol. The number of thioether (sulfide) groups is 1. The van der Waals surface area contributed by atoms with E-state index < -0.39 is 0 Å². The minimum absolute atomic E-state index is 0.0374. The van der Waals surface area contributed by atoms with Crippen LogP contribution in [0.3, 0.4) is 0 Å². The number of rotatable bonds is 6. The number of nitrogens with zero attached hydrogens (tertiary/aromatic N) is 4. The summed E-state index contributed by atoms with van der Waals surface area (Å²) in [6.07, 6.45) is 1.88. The van der Waals surface area contributed by atoms with Crippen molar-refractivity contribution >= 4 is 22.8 Å². The van der Waals surface area contributed by atoms with Crippen molar-refractivity contribution in [1.82, 2.24) is 19.7 Å². The van der Waals surface area contributed by atoms with E-state index in [1.807, 2.05) is 24.3 Å². The second-order valence-corrected chi connectivity index (χ2v) is 7.00. The van der Waals surface area contributed by atoms with Gasteiger partial charge in [-0.15, -0.1) is 6.58 Å². The van der Waals surface area contributed by atoms with Gasteiger partial charge in [0.05, 0.1) is 16.3 Å². The van der Waals surface area contributed by atoms with Crippen LogP contribution in [-0.4, -0.2) is 19.7 Å². The molecule has 6 heteroatoms. The average molecular weight is 328 g/mol. The summed E-state index contributed by atoms with van der Waals surface area (Å²) in [4.78, 5) is 9.21. The zero-order valence-corrected chi connectivity index (χ0v) is 14.4. The first-order chi connectivity index (χ1) is 11.1. The Kier molecular flexibility index (Phi) is 4.52. The van der Waals surface area contributed by atoms with Crippen LogP contribution >= 0.6 is 11.8 Å². The fourth-order valence-electron chi connectivity index (χ4n) is 2.30. The highest BCUT2D eigenvalue weighted by molar-refractivity contribution is 7.99. The van der Waals surface area contributed by atoms with Crippen LogP contribution in [0.5, 0.6) is 0 Å². The Balaban J connectivity index is 1.90. The van der Waals surface area contributed by atoms with Gasteiger partial charge in [-0.1, -0.05) is 49.0 Å². The molecule has 120 valence electrons. The third kappa shape index (κ3) is 3.17.